The van der Waals surface area contributed by atoms with Crippen LogP contribution in [0.15, 0.2) is 29.2 Å². The molecule has 0 spiro atoms. The van der Waals surface area contributed by atoms with E-state index >= 15 is 0 Å². The van der Waals surface area contributed by atoms with Crippen LogP contribution in [0.4, 0.5) is 4.39 Å². The summed E-state index contributed by atoms with van der Waals surface area (Å²) in [5.41, 5.74) is 0. The fourth-order valence-corrected chi connectivity index (χ4v) is 5.43. The molecule has 1 amide bonds. The first kappa shape index (κ1) is 20.2. The van der Waals surface area contributed by atoms with Crippen molar-refractivity contribution in [2.75, 3.05) is 32.7 Å². The summed E-state index contributed by atoms with van der Waals surface area (Å²) in [6.45, 7) is 4.48. The molecule has 1 heterocycles. The molecule has 0 bridgehead atoms. The number of carbonyl (C=O) groups excluding carboxylic acids is 1. The van der Waals surface area contributed by atoms with Crippen LogP contribution in [-0.4, -0.2) is 57.4 Å². The third-order valence-corrected chi connectivity index (χ3v) is 7.66. The van der Waals surface area contributed by atoms with Crippen LogP contribution in [0.2, 0.25) is 0 Å². The van der Waals surface area contributed by atoms with E-state index in [4.69, 9.17) is 0 Å². The minimum atomic E-state index is -3.61. The van der Waals surface area contributed by atoms with Gasteiger partial charge in [-0.15, -0.1) is 0 Å². The molecule has 1 saturated carbocycles. The molecule has 2 fully saturated rings. The zero-order valence-corrected chi connectivity index (χ0v) is 16.6. The van der Waals surface area contributed by atoms with E-state index in [1.807, 2.05) is 0 Å². The van der Waals surface area contributed by atoms with Gasteiger partial charge in [0.05, 0.1) is 31.1 Å². The third kappa shape index (κ3) is 5.06. The highest BCUT2D eigenvalue weighted by Gasteiger charge is 2.32. The van der Waals surface area contributed by atoms with Crippen LogP contribution < -0.4 is 10.2 Å². The molecule has 3 rings (SSSR count). The van der Waals surface area contributed by atoms with Gasteiger partial charge in [-0.25, -0.2) is 12.8 Å². The van der Waals surface area contributed by atoms with Crippen LogP contribution in [-0.2, 0) is 14.8 Å². The summed E-state index contributed by atoms with van der Waals surface area (Å²) in [5.74, 6) is 0.121. The lowest BCUT2D eigenvalue weighted by atomic mass is 9.86. The minimum absolute atomic E-state index is 0.0543. The van der Waals surface area contributed by atoms with Crippen molar-refractivity contribution in [1.82, 2.24) is 9.62 Å². The maximum atomic E-state index is 13.0. The first-order valence-corrected chi connectivity index (χ1v) is 11.2. The number of nitrogens with one attached hydrogen (secondary N) is 2. The van der Waals surface area contributed by atoms with Crippen molar-refractivity contribution in [2.45, 2.75) is 43.5 Å². The highest BCUT2D eigenvalue weighted by molar-refractivity contribution is 7.89. The van der Waals surface area contributed by atoms with E-state index in [0.29, 0.717) is 38.6 Å². The van der Waals surface area contributed by atoms with E-state index < -0.39 is 15.8 Å². The first-order chi connectivity index (χ1) is 12.9. The molecule has 8 heteroatoms. The number of hydrogen-bond donors (Lipinski definition) is 2. The smallest absolute Gasteiger partial charge is 0.275 e. The van der Waals surface area contributed by atoms with Crippen molar-refractivity contribution in [3.63, 3.8) is 0 Å². The molecule has 1 aromatic rings. The molecule has 1 aliphatic heterocycles. The summed E-state index contributed by atoms with van der Waals surface area (Å²) >= 11 is 0. The largest absolute Gasteiger partial charge is 0.348 e. The maximum Gasteiger partial charge on any atom is 0.275 e. The molecule has 6 nitrogen and oxygen atoms in total. The molecule has 0 unspecified atom stereocenters. The van der Waals surface area contributed by atoms with Crippen molar-refractivity contribution in [2.24, 2.45) is 5.92 Å². The molecule has 1 aliphatic carbocycles. The lowest BCUT2D eigenvalue weighted by Crippen LogP contribution is -3.15. The normalized spacial score (nSPS) is 25.3. The first-order valence-electron chi connectivity index (χ1n) is 9.75. The van der Waals surface area contributed by atoms with Gasteiger partial charge in [0, 0.05) is 6.04 Å². The van der Waals surface area contributed by atoms with Crippen molar-refractivity contribution >= 4 is 15.9 Å². The zero-order valence-electron chi connectivity index (χ0n) is 15.8. The Hall–Kier alpha value is -1.51. The number of piperazine rings is 1. The summed E-state index contributed by atoms with van der Waals surface area (Å²) in [5, 5.41) is 3.16. The quantitative estimate of drug-likeness (QED) is 0.755. The van der Waals surface area contributed by atoms with E-state index in [0.717, 1.165) is 29.9 Å². The fraction of sp³-hybridized carbons (Fsp3) is 0.632. The molecule has 1 aromatic carbocycles. The molecule has 2 atom stereocenters. The lowest BCUT2D eigenvalue weighted by Gasteiger charge is -2.33. The molecule has 2 aliphatic rings. The average molecular weight is 399 g/mol. The summed E-state index contributed by atoms with van der Waals surface area (Å²) < 4.78 is 39.7. The Kier molecular flexibility index (Phi) is 6.49. The Bertz CT molecular complexity index is 746. The van der Waals surface area contributed by atoms with Crippen LogP contribution in [0.1, 0.15) is 32.6 Å². The van der Waals surface area contributed by atoms with Crippen molar-refractivity contribution < 1.29 is 22.5 Å². The van der Waals surface area contributed by atoms with Gasteiger partial charge in [-0.2, -0.15) is 4.31 Å². The van der Waals surface area contributed by atoms with Crippen LogP contribution in [0.25, 0.3) is 0 Å². The summed E-state index contributed by atoms with van der Waals surface area (Å²) in [6.07, 6.45) is 4.62. The number of hydrogen-bond acceptors (Lipinski definition) is 3. The van der Waals surface area contributed by atoms with Gasteiger partial charge in [-0.3, -0.25) is 4.79 Å². The molecule has 27 heavy (non-hydrogen) atoms. The van der Waals surface area contributed by atoms with Gasteiger partial charge in [0.15, 0.2) is 6.54 Å². The summed E-state index contributed by atoms with van der Waals surface area (Å²) in [4.78, 5) is 13.6. The SMILES string of the molecule is C[C@@H]1CCCC[C@H]1NC(=O)C[NH+]1CCN(S(=O)(=O)c2ccc(F)cc2)CC1. The molecular formula is C19H29FN3O3S+. The van der Waals surface area contributed by atoms with E-state index in [9.17, 15) is 17.6 Å². The van der Waals surface area contributed by atoms with Gasteiger partial charge in [-0.05, 0) is 43.0 Å². The molecule has 0 radical (unpaired) electrons. The second kappa shape index (κ2) is 8.67. The van der Waals surface area contributed by atoms with E-state index in [2.05, 4.69) is 12.2 Å². The molecular weight excluding hydrogens is 369 g/mol. The molecule has 150 valence electrons. The van der Waals surface area contributed by atoms with Gasteiger partial charge in [-0.1, -0.05) is 19.8 Å². The average Bonchev–Trinajstić information content (AvgIpc) is 2.64. The topological polar surface area (TPSA) is 70.9 Å². The van der Waals surface area contributed by atoms with Gasteiger partial charge in [0.25, 0.3) is 5.91 Å². The Morgan fingerprint density at radius 3 is 2.44 bits per heavy atom. The Labute approximate surface area is 160 Å². The number of halogens is 1. The number of benzene rings is 1. The number of rotatable bonds is 5. The fourth-order valence-electron chi connectivity index (χ4n) is 3.99. The van der Waals surface area contributed by atoms with Gasteiger partial charge in [0.2, 0.25) is 10.0 Å². The van der Waals surface area contributed by atoms with Crippen LogP contribution in [0.3, 0.4) is 0 Å². The Balaban J connectivity index is 1.49. The predicted molar refractivity (Wildman–Crippen MR) is 100 cm³/mol. The van der Waals surface area contributed by atoms with E-state index in [-0.39, 0.29) is 16.8 Å². The number of carbonyl (C=O) groups is 1. The monoisotopic (exact) mass is 398 g/mol. The van der Waals surface area contributed by atoms with Crippen LogP contribution in [0, 0.1) is 11.7 Å². The second-order valence-corrected chi connectivity index (χ2v) is 9.66. The van der Waals surface area contributed by atoms with Crippen molar-refractivity contribution in [3.05, 3.63) is 30.1 Å². The molecule has 0 aromatic heterocycles. The van der Waals surface area contributed by atoms with Gasteiger partial charge >= 0.3 is 0 Å². The Morgan fingerprint density at radius 1 is 1.19 bits per heavy atom. The maximum absolute atomic E-state index is 13.0. The van der Waals surface area contributed by atoms with Gasteiger partial charge < -0.3 is 10.2 Å². The minimum Gasteiger partial charge on any atom is -0.348 e. The Morgan fingerprint density at radius 2 is 1.81 bits per heavy atom. The summed E-state index contributed by atoms with van der Waals surface area (Å²) in [6, 6.07) is 5.17. The zero-order chi connectivity index (χ0) is 19.4. The van der Waals surface area contributed by atoms with Crippen molar-refractivity contribution in [1.29, 1.82) is 0 Å². The van der Waals surface area contributed by atoms with Gasteiger partial charge in [0.1, 0.15) is 5.82 Å². The highest BCUT2D eigenvalue weighted by atomic mass is 32.2. The van der Waals surface area contributed by atoms with Crippen LogP contribution >= 0.6 is 0 Å². The van der Waals surface area contributed by atoms with Crippen LogP contribution in [0.5, 0.6) is 0 Å². The number of nitrogens with zero attached hydrogens (tertiary/aromatic N) is 1. The number of quaternary nitrogens is 1. The summed E-state index contributed by atoms with van der Waals surface area (Å²) in [7, 11) is -3.61. The second-order valence-electron chi connectivity index (χ2n) is 7.72. The predicted octanol–water partition coefficient (Wildman–Crippen LogP) is 0.410. The lowest BCUT2D eigenvalue weighted by molar-refractivity contribution is -0.895. The molecule has 2 N–H and O–H groups in total. The third-order valence-electron chi connectivity index (χ3n) is 5.75. The number of sulfonamides is 1. The van der Waals surface area contributed by atoms with E-state index in [1.54, 1.807) is 0 Å². The van der Waals surface area contributed by atoms with E-state index in [1.165, 1.54) is 29.3 Å². The number of amides is 1. The standard InChI is InChI=1S/C19H28FN3O3S/c1-15-4-2-3-5-18(15)21-19(24)14-22-10-12-23(13-11-22)27(25,26)17-8-6-16(20)7-9-17/h6-9,15,18H,2-5,10-14H2,1H3,(H,21,24)/p+1/t15-,18-/m1/s1. The van der Waals surface area contributed by atoms with Crippen molar-refractivity contribution in [3.8, 4) is 0 Å². The highest BCUT2D eigenvalue weighted by Crippen LogP contribution is 2.23. The molecule has 1 saturated heterocycles.